The number of rotatable bonds is 5. The molecule has 0 unspecified atom stereocenters. The van der Waals surface area contributed by atoms with Crippen molar-refractivity contribution in [2.45, 2.75) is 13.8 Å². The van der Waals surface area contributed by atoms with E-state index in [1.807, 2.05) is 20.9 Å². The minimum atomic E-state index is -0.571. The van der Waals surface area contributed by atoms with Crippen LogP contribution in [-0.2, 0) is 16.6 Å². The first kappa shape index (κ1) is 16.5. The molecule has 0 saturated heterocycles. The van der Waals surface area contributed by atoms with E-state index in [4.69, 9.17) is 16.3 Å². The van der Waals surface area contributed by atoms with Crippen LogP contribution in [0.15, 0.2) is 18.2 Å². The van der Waals surface area contributed by atoms with Gasteiger partial charge in [0.15, 0.2) is 6.61 Å². The minimum absolute atomic E-state index is 0.271. The standard InChI is InChI=1S/C15H15ClN2O3S/c1-9-11(10(2)18(3)17-9)4-7-15(20)21-8-12(19)13-5-6-14(16)22-13/h4-7H,8H2,1-3H3. The molecule has 0 aromatic carbocycles. The number of carbonyl (C=O) groups is 2. The van der Waals surface area contributed by atoms with Crippen molar-refractivity contribution >= 4 is 40.8 Å². The zero-order chi connectivity index (χ0) is 16.3. The van der Waals surface area contributed by atoms with Gasteiger partial charge in [-0.15, -0.1) is 11.3 Å². The van der Waals surface area contributed by atoms with Gasteiger partial charge in [0, 0.05) is 24.4 Å². The zero-order valence-electron chi connectivity index (χ0n) is 12.4. The van der Waals surface area contributed by atoms with Crippen molar-refractivity contribution in [3.05, 3.63) is 44.4 Å². The molecule has 2 heterocycles. The van der Waals surface area contributed by atoms with E-state index >= 15 is 0 Å². The summed E-state index contributed by atoms with van der Waals surface area (Å²) in [5, 5.41) is 4.25. The molecule has 0 spiro atoms. The van der Waals surface area contributed by atoms with E-state index in [-0.39, 0.29) is 12.4 Å². The van der Waals surface area contributed by atoms with Gasteiger partial charge in [0.05, 0.1) is 14.9 Å². The van der Waals surface area contributed by atoms with Crippen LogP contribution in [-0.4, -0.2) is 28.1 Å². The number of halogens is 1. The number of aromatic nitrogens is 2. The maximum Gasteiger partial charge on any atom is 0.331 e. The van der Waals surface area contributed by atoms with Crippen LogP contribution in [0, 0.1) is 13.8 Å². The molecule has 5 nitrogen and oxygen atoms in total. The number of esters is 1. The molecule has 0 atom stereocenters. The molecule has 2 rings (SSSR count). The number of thiophene rings is 1. The Morgan fingerprint density at radius 1 is 1.41 bits per heavy atom. The van der Waals surface area contributed by atoms with Crippen LogP contribution >= 0.6 is 22.9 Å². The third-order valence-electron chi connectivity index (χ3n) is 3.14. The van der Waals surface area contributed by atoms with Crippen molar-refractivity contribution in [1.82, 2.24) is 9.78 Å². The van der Waals surface area contributed by atoms with Crippen molar-refractivity contribution < 1.29 is 14.3 Å². The lowest BCUT2D eigenvalue weighted by Crippen LogP contribution is -2.11. The highest BCUT2D eigenvalue weighted by Crippen LogP contribution is 2.21. The van der Waals surface area contributed by atoms with Gasteiger partial charge in [0.25, 0.3) is 0 Å². The minimum Gasteiger partial charge on any atom is -0.454 e. The Bertz CT molecular complexity index is 746. The van der Waals surface area contributed by atoms with Gasteiger partial charge in [0.2, 0.25) is 5.78 Å². The number of carbonyl (C=O) groups excluding carboxylic acids is 2. The second kappa shape index (κ2) is 6.89. The summed E-state index contributed by atoms with van der Waals surface area (Å²) in [7, 11) is 1.84. The Labute approximate surface area is 137 Å². The third kappa shape index (κ3) is 3.84. The van der Waals surface area contributed by atoms with E-state index in [9.17, 15) is 9.59 Å². The molecule has 2 aromatic heterocycles. The lowest BCUT2D eigenvalue weighted by atomic mass is 10.2. The first-order valence-corrected chi connectivity index (χ1v) is 7.71. The molecule has 0 fully saturated rings. The average Bonchev–Trinajstić information content (AvgIpc) is 3.00. The van der Waals surface area contributed by atoms with Gasteiger partial charge in [-0.3, -0.25) is 9.48 Å². The molecular weight excluding hydrogens is 324 g/mol. The second-order valence-corrected chi connectivity index (χ2v) is 6.39. The van der Waals surface area contributed by atoms with Gasteiger partial charge in [-0.2, -0.15) is 5.10 Å². The highest BCUT2D eigenvalue weighted by molar-refractivity contribution is 7.18. The van der Waals surface area contributed by atoms with E-state index in [0.717, 1.165) is 28.3 Å². The molecular formula is C15H15ClN2O3S. The normalized spacial score (nSPS) is 11.1. The summed E-state index contributed by atoms with van der Waals surface area (Å²) < 4.78 is 7.20. The van der Waals surface area contributed by atoms with Crippen LogP contribution in [0.4, 0.5) is 0 Å². The summed E-state index contributed by atoms with van der Waals surface area (Å²) in [6.07, 6.45) is 2.94. The number of aryl methyl sites for hydroxylation is 2. The molecule has 2 aromatic rings. The molecule has 0 saturated carbocycles. The van der Waals surface area contributed by atoms with Crippen molar-refractivity contribution in [2.24, 2.45) is 7.05 Å². The number of nitrogens with zero attached hydrogens (tertiary/aromatic N) is 2. The van der Waals surface area contributed by atoms with E-state index in [0.29, 0.717) is 9.21 Å². The Morgan fingerprint density at radius 3 is 2.68 bits per heavy atom. The van der Waals surface area contributed by atoms with Crippen LogP contribution in [0.3, 0.4) is 0 Å². The first-order valence-electron chi connectivity index (χ1n) is 6.52. The zero-order valence-corrected chi connectivity index (χ0v) is 14.0. The fourth-order valence-corrected chi connectivity index (χ4v) is 2.87. The van der Waals surface area contributed by atoms with Crippen LogP contribution in [0.25, 0.3) is 6.08 Å². The average molecular weight is 339 g/mol. The Kier molecular flexibility index (Phi) is 5.15. The highest BCUT2D eigenvalue weighted by Gasteiger charge is 2.11. The van der Waals surface area contributed by atoms with Gasteiger partial charge in [0.1, 0.15) is 0 Å². The summed E-state index contributed by atoms with van der Waals surface area (Å²) in [6.45, 7) is 3.47. The second-order valence-electron chi connectivity index (χ2n) is 4.68. The Hall–Kier alpha value is -1.92. The molecule has 0 aliphatic heterocycles. The van der Waals surface area contributed by atoms with Crippen molar-refractivity contribution in [3.63, 3.8) is 0 Å². The van der Waals surface area contributed by atoms with E-state index < -0.39 is 5.97 Å². The topological polar surface area (TPSA) is 61.2 Å². The van der Waals surface area contributed by atoms with Crippen LogP contribution in [0.2, 0.25) is 4.34 Å². The van der Waals surface area contributed by atoms with Crippen molar-refractivity contribution in [3.8, 4) is 0 Å². The fraction of sp³-hybridized carbons (Fsp3) is 0.267. The number of hydrogen-bond donors (Lipinski definition) is 0. The van der Waals surface area contributed by atoms with E-state index in [1.165, 1.54) is 6.08 Å². The Balaban J connectivity index is 1.93. The summed E-state index contributed by atoms with van der Waals surface area (Å²) >= 11 is 6.92. The summed E-state index contributed by atoms with van der Waals surface area (Å²) in [4.78, 5) is 23.9. The van der Waals surface area contributed by atoms with Gasteiger partial charge < -0.3 is 4.74 Å². The van der Waals surface area contributed by atoms with Gasteiger partial charge in [-0.1, -0.05) is 11.6 Å². The van der Waals surface area contributed by atoms with E-state index in [2.05, 4.69) is 5.10 Å². The third-order valence-corrected chi connectivity index (χ3v) is 4.42. The van der Waals surface area contributed by atoms with Crippen LogP contribution < -0.4 is 0 Å². The molecule has 0 bridgehead atoms. The number of ether oxygens (including phenoxy) is 1. The molecule has 0 amide bonds. The monoisotopic (exact) mass is 338 g/mol. The quantitative estimate of drug-likeness (QED) is 0.477. The molecule has 0 N–H and O–H groups in total. The fourth-order valence-electron chi connectivity index (χ4n) is 1.90. The lowest BCUT2D eigenvalue weighted by Gasteiger charge is -1.99. The summed E-state index contributed by atoms with van der Waals surface area (Å²) in [5.74, 6) is -0.842. The molecule has 116 valence electrons. The molecule has 0 aliphatic carbocycles. The van der Waals surface area contributed by atoms with Crippen LogP contribution in [0.5, 0.6) is 0 Å². The largest absolute Gasteiger partial charge is 0.454 e. The van der Waals surface area contributed by atoms with Crippen LogP contribution in [0.1, 0.15) is 26.6 Å². The lowest BCUT2D eigenvalue weighted by molar-refractivity contribution is -0.136. The van der Waals surface area contributed by atoms with Gasteiger partial charge >= 0.3 is 5.97 Å². The van der Waals surface area contributed by atoms with Gasteiger partial charge in [-0.25, -0.2) is 4.79 Å². The van der Waals surface area contributed by atoms with E-state index in [1.54, 1.807) is 22.9 Å². The van der Waals surface area contributed by atoms with Crippen molar-refractivity contribution in [2.75, 3.05) is 6.61 Å². The maximum absolute atomic E-state index is 11.8. The molecule has 0 radical (unpaired) electrons. The Morgan fingerprint density at radius 2 is 2.14 bits per heavy atom. The first-order chi connectivity index (χ1) is 10.4. The summed E-state index contributed by atoms with van der Waals surface area (Å²) in [6, 6.07) is 3.25. The molecule has 0 aliphatic rings. The smallest absolute Gasteiger partial charge is 0.331 e. The highest BCUT2D eigenvalue weighted by atomic mass is 35.5. The SMILES string of the molecule is Cc1nn(C)c(C)c1C=CC(=O)OCC(=O)c1ccc(Cl)s1. The van der Waals surface area contributed by atoms with Gasteiger partial charge in [-0.05, 0) is 32.1 Å². The molecule has 22 heavy (non-hydrogen) atoms. The maximum atomic E-state index is 11.8. The summed E-state index contributed by atoms with van der Waals surface area (Å²) in [5.41, 5.74) is 2.65. The van der Waals surface area contributed by atoms with Crippen molar-refractivity contribution in [1.29, 1.82) is 0 Å². The number of hydrogen-bond acceptors (Lipinski definition) is 5. The number of Topliss-reactive ketones (excluding diaryl/α,β-unsaturated/α-hetero) is 1. The number of ketones is 1. The molecule has 7 heteroatoms. The predicted molar refractivity (Wildman–Crippen MR) is 86.3 cm³/mol. The predicted octanol–water partition coefficient (Wildman–Crippen LogP) is 3.19.